The van der Waals surface area contributed by atoms with Gasteiger partial charge in [0.25, 0.3) is 0 Å². The summed E-state index contributed by atoms with van der Waals surface area (Å²) in [6, 6.07) is 17.1. The molecule has 0 saturated heterocycles. The van der Waals surface area contributed by atoms with Gasteiger partial charge in [0, 0.05) is 5.57 Å². The Morgan fingerprint density at radius 3 is 1.78 bits per heavy atom. The number of carbonyl (C=O) groups is 1. The molecule has 0 atom stereocenters. The van der Waals surface area contributed by atoms with Gasteiger partial charge in [0.15, 0.2) is 0 Å². The van der Waals surface area contributed by atoms with Crippen molar-refractivity contribution >= 4 is 13.6 Å². The third-order valence-electron chi connectivity index (χ3n) is 2.68. The molecule has 2 aromatic carbocycles. The van der Waals surface area contributed by atoms with Crippen LogP contribution in [0.4, 0.5) is 0 Å². The Labute approximate surface area is 135 Å². The zero-order valence-corrected chi connectivity index (χ0v) is 13.6. The summed E-state index contributed by atoms with van der Waals surface area (Å²) in [5.74, 6) is 0.0647. The number of rotatable bonds is 7. The van der Waals surface area contributed by atoms with Crippen molar-refractivity contribution in [3.8, 4) is 11.5 Å². The Hall–Kier alpha value is -2.52. The van der Waals surface area contributed by atoms with Crippen molar-refractivity contribution in [3.63, 3.8) is 0 Å². The predicted molar refractivity (Wildman–Crippen MR) is 87.5 cm³/mol. The Morgan fingerprint density at radius 2 is 1.39 bits per heavy atom. The first-order chi connectivity index (χ1) is 11.0. The topological polar surface area (TPSA) is 61.8 Å². The lowest BCUT2D eigenvalue weighted by Crippen LogP contribution is -2.12. The van der Waals surface area contributed by atoms with E-state index >= 15 is 0 Å². The quantitative estimate of drug-likeness (QED) is 0.427. The summed E-state index contributed by atoms with van der Waals surface area (Å²) in [4.78, 5) is 11.5. The maximum absolute atomic E-state index is 12.9. The van der Waals surface area contributed by atoms with Gasteiger partial charge >= 0.3 is 13.6 Å². The van der Waals surface area contributed by atoms with E-state index in [1.54, 1.807) is 60.7 Å². The number of hydrogen-bond acceptors (Lipinski definition) is 5. The summed E-state index contributed by atoms with van der Waals surface area (Å²) in [5.41, 5.74) is 0.205. The maximum Gasteiger partial charge on any atom is 0.468 e. The van der Waals surface area contributed by atoms with Gasteiger partial charge in [-0.05, 0) is 31.2 Å². The lowest BCUT2D eigenvalue weighted by atomic mass is 10.3. The van der Waals surface area contributed by atoms with E-state index in [0.29, 0.717) is 11.5 Å². The highest BCUT2D eigenvalue weighted by Crippen LogP contribution is 2.48. The van der Waals surface area contributed by atoms with Gasteiger partial charge in [-0.15, -0.1) is 0 Å². The first-order valence-corrected chi connectivity index (χ1v) is 8.62. The van der Waals surface area contributed by atoms with Gasteiger partial charge in [0.05, 0.1) is 0 Å². The first-order valence-electron chi connectivity index (χ1n) is 6.89. The molecule has 0 aromatic heterocycles. The average Bonchev–Trinajstić information content (AvgIpc) is 2.54. The molecule has 2 rings (SSSR count). The zero-order valence-electron chi connectivity index (χ0n) is 12.7. The van der Waals surface area contributed by atoms with Crippen LogP contribution >= 0.6 is 7.60 Å². The molecule has 0 saturated carbocycles. The van der Waals surface area contributed by atoms with Crippen molar-refractivity contribution in [3.05, 3.63) is 72.8 Å². The number of hydrogen-bond donors (Lipinski definition) is 0. The number of ether oxygens (including phenoxy) is 1. The molecular weight excluding hydrogens is 315 g/mol. The number of carbonyl (C=O) groups excluding carboxylic acids is 1. The van der Waals surface area contributed by atoms with Crippen LogP contribution in [0.5, 0.6) is 11.5 Å². The van der Waals surface area contributed by atoms with Crippen LogP contribution in [-0.2, 0) is 14.1 Å². The Morgan fingerprint density at radius 1 is 0.957 bits per heavy atom. The van der Waals surface area contributed by atoms with Crippen molar-refractivity contribution in [2.75, 3.05) is 6.35 Å². The molecule has 0 fully saturated rings. The molecule has 6 heteroatoms. The SMILES string of the molecule is C=C(C)C(=O)OCP(=O)(Oc1ccccc1)Oc1ccccc1. The molecule has 5 nitrogen and oxygen atoms in total. The number of para-hydroxylation sites is 2. The highest BCUT2D eigenvalue weighted by Gasteiger charge is 2.30. The van der Waals surface area contributed by atoms with E-state index in [1.165, 1.54) is 6.92 Å². The molecule has 0 aliphatic carbocycles. The highest BCUT2D eigenvalue weighted by atomic mass is 31.2. The number of esters is 1. The Balaban J connectivity index is 2.17. The second kappa shape index (κ2) is 7.65. The average molecular weight is 332 g/mol. The first kappa shape index (κ1) is 16.8. The minimum Gasteiger partial charge on any atom is -0.447 e. The van der Waals surface area contributed by atoms with Crippen molar-refractivity contribution in [1.82, 2.24) is 0 Å². The summed E-state index contributed by atoms with van der Waals surface area (Å²) in [5, 5.41) is 0. The molecule has 0 aliphatic rings. The number of benzene rings is 2. The fraction of sp³-hybridized carbons (Fsp3) is 0.118. The fourth-order valence-corrected chi connectivity index (χ4v) is 2.92. The lowest BCUT2D eigenvalue weighted by Gasteiger charge is -2.19. The van der Waals surface area contributed by atoms with E-state index in [2.05, 4.69) is 6.58 Å². The molecule has 0 heterocycles. The molecule has 0 N–H and O–H groups in total. The normalized spacial score (nSPS) is 10.7. The van der Waals surface area contributed by atoms with E-state index in [1.807, 2.05) is 0 Å². The van der Waals surface area contributed by atoms with Gasteiger partial charge in [0.1, 0.15) is 11.5 Å². The maximum atomic E-state index is 12.9. The third-order valence-corrected chi connectivity index (χ3v) is 4.10. The van der Waals surface area contributed by atoms with Crippen molar-refractivity contribution in [2.45, 2.75) is 6.92 Å². The van der Waals surface area contributed by atoms with E-state index < -0.39 is 19.9 Å². The minimum atomic E-state index is -3.74. The fourth-order valence-electron chi connectivity index (χ4n) is 1.62. The van der Waals surface area contributed by atoms with Crippen LogP contribution < -0.4 is 9.05 Å². The molecule has 0 unspecified atom stereocenters. The highest BCUT2D eigenvalue weighted by molar-refractivity contribution is 7.54. The second-order valence-electron chi connectivity index (χ2n) is 4.76. The van der Waals surface area contributed by atoms with Gasteiger partial charge in [-0.25, -0.2) is 9.36 Å². The molecule has 23 heavy (non-hydrogen) atoms. The molecule has 0 bridgehead atoms. The van der Waals surface area contributed by atoms with Gasteiger partial charge in [-0.1, -0.05) is 43.0 Å². The molecule has 120 valence electrons. The molecule has 0 radical (unpaired) electrons. The second-order valence-corrected chi connectivity index (χ2v) is 6.61. The molecular formula is C17H17O5P. The third kappa shape index (κ3) is 5.31. The van der Waals surface area contributed by atoms with Gasteiger partial charge in [-0.3, -0.25) is 0 Å². The van der Waals surface area contributed by atoms with Crippen LogP contribution in [0.15, 0.2) is 72.8 Å². The standard InChI is InChI=1S/C17H17O5P/c1-14(2)17(18)20-13-23(19,21-15-9-5-3-6-10-15)22-16-11-7-4-8-12-16/h3-12H,1,13H2,2H3. The minimum absolute atomic E-state index is 0.205. The van der Waals surface area contributed by atoms with Crippen molar-refractivity contribution in [1.29, 1.82) is 0 Å². The molecule has 0 aliphatic heterocycles. The zero-order chi connectivity index (χ0) is 16.7. The van der Waals surface area contributed by atoms with E-state index in [-0.39, 0.29) is 5.57 Å². The van der Waals surface area contributed by atoms with Crippen LogP contribution in [0.25, 0.3) is 0 Å². The molecule has 0 amide bonds. The smallest absolute Gasteiger partial charge is 0.447 e. The van der Waals surface area contributed by atoms with Gasteiger partial charge in [-0.2, -0.15) is 0 Å². The van der Waals surface area contributed by atoms with Crippen molar-refractivity contribution in [2.24, 2.45) is 0 Å². The van der Waals surface area contributed by atoms with Gasteiger partial charge < -0.3 is 13.8 Å². The Kier molecular flexibility index (Phi) is 5.61. The van der Waals surface area contributed by atoms with Crippen molar-refractivity contribution < 1.29 is 23.1 Å². The summed E-state index contributed by atoms with van der Waals surface area (Å²) < 4.78 is 28.8. The lowest BCUT2D eigenvalue weighted by molar-refractivity contribution is -0.137. The summed E-state index contributed by atoms with van der Waals surface area (Å²) in [7, 11) is -3.74. The van der Waals surface area contributed by atoms with Crippen LogP contribution in [0.3, 0.4) is 0 Å². The monoisotopic (exact) mass is 332 g/mol. The largest absolute Gasteiger partial charge is 0.468 e. The molecule has 2 aromatic rings. The summed E-state index contributed by atoms with van der Waals surface area (Å²) in [6.07, 6.45) is -0.511. The van der Waals surface area contributed by atoms with Gasteiger partial charge in [0.2, 0.25) is 6.35 Å². The van der Waals surface area contributed by atoms with Crippen LogP contribution in [-0.4, -0.2) is 12.3 Å². The van der Waals surface area contributed by atoms with E-state index in [4.69, 9.17) is 13.8 Å². The van der Waals surface area contributed by atoms with E-state index in [9.17, 15) is 9.36 Å². The summed E-state index contributed by atoms with van der Waals surface area (Å²) >= 11 is 0. The molecule has 0 spiro atoms. The van der Waals surface area contributed by atoms with Crippen LogP contribution in [0.1, 0.15) is 6.92 Å². The van der Waals surface area contributed by atoms with E-state index in [0.717, 1.165) is 0 Å². The summed E-state index contributed by atoms with van der Waals surface area (Å²) in [6.45, 7) is 4.98. The van der Waals surface area contributed by atoms with Crippen LogP contribution in [0, 0.1) is 0 Å². The predicted octanol–water partition coefficient (Wildman–Crippen LogP) is 4.41. The Bertz CT molecular complexity index is 667. The van der Waals surface area contributed by atoms with Crippen LogP contribution in [0.2, 0.25) is 0 Å².